The molecule has 0 saturated heterocycles. The van der Waals surface area contributed by atoms with Gasteiger partial charge < -0.3 is 9.47 Å². The molecule has 8 nitrogen and oxygen atoms in total. The molecule has 0 bridgehead atoms. The monoisotopic (exact) mass is 400 g/mol. The molecule has 3 aromatic heterocycles. The van der Waals surface area contributed by atoms with E-state index in [2.05, 4.69) is 25.3 Å². The Morgan fingerprint density at radius 2 is 1.79 bits per heavy atom. The molecule has 0 saturated carbocycles. The normalized spacial score (nSPS) is 14.4. The molecule has 1 aliphatic rings. The van der Waals surface area contributed by atoms with Crippen LogP contribution in [0.3, 0.4) is 0 Å². The second kappa shape index (κ2) is 6.26. The van der Waals surface area contributed by atoms with Gasteiger partial charge in [-0.05, 0) is 6.92 Å². The van der Waals surface area contributed by atoms with Crippen molar-refractivity contribution in [1.82, 2.24) is 34.3 Å². The Morgan fingerprint density at radius 3 is 2.55 bits per heavy atom. The van der Waals surface area contributed by atoms with Crippen molar-refractivity contribution >= 4 is 11.6 Å². The SMILES string of the molecule is Cc1cc(N2CCn3c(nnc3-c3ccccc3)C2)n2nc(C(F)(F)F)nc2n1. The first-order valence-electron chi connectivity index (χ1n) is 8.94. The highest BCUT2D eigenvalue weighted by atomic mass is 19.4. The van der Waals surface area contributed by atoms with E-state index in [1.54, 1.807) is 13.0 Å². The molecule has 0 spiro atoms. The number of rotatable bonds is 2. The van der Waals surface area contributed by atoms with Gasteiger partial charge in [-0.2, -0.15) is 22.7 Å². The van der Waals surface area contributed by atoms with E-state index in [0.717, 1.165) is 21.7 Å². The van der Waals surface area contributed by atoms with Gasteiger partial charge in [0.15, 0.2) is 11.6 Å². The van der Waals surface area contributed by atoms with Crippen LogP contribution in [0.25, 0.3) is 17.2 Å². The Kier molecular flexibility index (Phi) is 3.80. The zero-order chi connectivity index (χ0) is 20.2. The van der Waals surface area contributed by atoms with Crippen LogP contribution >= 0.6 is 0 Å². The van der Waals surface area contributed by atoms with Crippen molar-refractivity contribution in [2.24, 2.45) is 0 Å². The minimum Gasteiger partial charge on any atom is -0.347 e. The Bertz CT molecular complexity index is 1200. The standard InChI is InChI=1S/C18H15F3N8/c1-11-9-14(29-17(22-11)23-16(26-29)18(19,20)21)27-7-8-28-13(10-27)24-25-15(28)12-5-3-2-4-6-12/h2-6,9H,7-8,10H2,1H3. The molecule has 0 N–H and O–H groups in total. The van der Waals surface area contributed by atoms with Gasteiger partial charge in [-0.1, -0.05) is 30.3 Å². The number of benzene rings is 1. The van der Waals surface area contributed by atoms with Crippen molar-refractivity contribution in [3.63, 3.8) is 0 Å². The van der Waals surface area contributed by atoms with Crippen LogP contribution in [0.15, 0.2) is 36.4 Å². The number of hydrogen-bond donors (Lipinski definition) is 0. The summed E-state index contributed by atoms with van der Waals surface area (Å²) in [6, 6.07) is 11.4. The van der Waals surface area contributed by atoms with Crippen molar-refractivity contribution in [3.05, 3.63) is 53.7 Å². The molecule has 11 heteroatoms. The number of fused-ring (bicyclic) bond motifs is 2. The van der Waals surface area contributed by atoms with Gasteiger partial charge in [0, 0.05) is 30.4 Å². The summed E-state index contributed by atoms with van der Waals surface area (Å²) in [5.41, 5.74) is 1.53. The second-order valence-corrected chi connectivity index (χ2v) is 6.78. The zero-order valence-electron chi connectivity index (χ0n) is 15.3. The van der Waals surface area contributed by atoms with Gasteiger partial charge >= 0.3 is 6.18 Å². The van der Waals surface area contributed by atoms with Gasteiger partial charge in [0.25, 0.3) is 11.6 Å². The van der Waals surface area contributed by atoms with Crippen LogP contribution in [0.5, 0.6) is 0 Å². The highest BCUT2D eigenvalue weighted by molar-refractivity contribution is 5.56. The molecule has 4 heterocycles. The first-order chi connectivity index (χ1) is 13.9. The summed E-state index contributed by atoms with van der Waals surface area (Å²) in [6.07, 6.45) is -4.63. The Labute approximate surface area is 162 Å². The van der Waals surface area contributed by atoms with E-state index in [1.165, 1.54) is 0 Å². The molecule has 148 valence electrons. The van der Waals surface area contributed by atoms with Crippen LogP contribution in [0, 0.1) is 6.92 Å². The first kappa shape index (κ1) is 17.6. The van der Waals surface area contributed by atoms with E-state index in [9.17, 15) is 13.2 Å². The minimum atomic E-state index is -4.63. The molecule has 4 aromatic rings. The molecule has 5 rings (SSSR count). The molecule has 0 unspecified atom stereocenters. The van der Waals surface area contributed by atoms with Crippen molar-refractivity contribution in [2.75, 3.05) is 11.4 Å². The van der Waals surface area contributed by atoms with Crippen LogP contribution in [0.2, 0.25) is 0 Å². The van der Waals surface area contributed by atoms with E-state index in [-0.39, 0.29) is 5.78 Å². The molecular weight excluding hydrogens is 385 g/mol. The minimum absolute atomic E-state index is 0.0793. The zero-order valence-corrected chi connectivity index (χ0v) is 15.3. The molecule has 0 fully saturated rings. The number of aryl methyl sites for hydroxylation is 1. The lowest BCUT2D eigenvalue weighted by Gasteiger charge is -2.29. The third-order valence-corrected chi connectivity index (χ3v) is 4.78. The van der Waals surface area contributed by atoms with Crippen molar-refractivity contribution in [2.45, 2.75) is 26.2 Å². The predicted octanol–water partition coefficient (Wildman–Crippen LogP) is 2.73. The average Bonchev–Trinajstić information content (AvgIpc) is 3.31. The Balaban J connectivity index is 1.53. The van der Waals surface area contributed by atoms with Crippen LogP contribution in [-0.2, 0) is 19.3 Å². The van der Waals surface area contributed by atoms with Crippen molar-refractivity contribution in [3.8, 4) is 11.4 Å². The van der Waals surface area contributed by atoms with Crippen LogP contribution in [0.4, 0.5) is 19.0 Å². The van der Waals surface area contributed by atoms with Gasteiger partial charge in [-0.25, -0.2) is 4.98 Å². The van der Waals surface area contributed by atoms with Gasteiger partial charge in [0.1, 0.15) is 5.82 Å². The summed E-state index contributed by atoms with van der Waals surface area (Å²) in [5, 5.41) is 12.2. The molecule has 1 aliphatic heterocycles. The molecular formula is C18H15F3N8. The van der Waals surface area contributed by atoms with Crippen LogP contribution in [0.1, 0.15) is 17.3 Å². The van der Waals surface area contributed by atoms with E-state index in [1.807, 2.05) is 39.8 Å². The number of halogens is 3. The van der Waals surface area contributed by atoms with Crippen LogP contribution < -0.4 is 4.90 Å². The molecule has 0 amide bonds. The summed E-state index contributed by atoms with van der Waals surface area (Å²) in [4.78, 5) is 9.54. The largest absolute Gasteiger partial charge is 0.453 e. The Hall–Kier alpha value is -3.50. The topological polar surface area (TPSA) is 77.0 Å². The number of alkyl halides is 3. The third-order valence-electron chi connectivity index (χ3n) is 4.78. The summed E-state index contributed by atoms with van der Waals surface area (Å²) >= 11 is 0. The lowest BCUT2D eigenvalue weighted by Crippen LogP contribution is -2.35. The number of aromatic nitrogens is 7. The molecule has 0 radical (unpaired) electrons. The second-order valence-electron chi connectivity index (χ2n) is 6.78. The lowest BCUT2D eigenvalue weighted by atomic mass is 10.2. The van der Waals surface area contributed by atoms with Crippen LogP contribution in [-0.4, -0.2) is 40.9 Å². The summed E-state index contributed by atoms with van der Waals surface area (Å²) in [6.45, 7) is 3.26. The fourth-order valence-electron chi connectivity index (χ4n) is 3.47. The number of hydrogen-bond acceptors (Lipinski definition) is 6. The van der Waals surface area contributed by atoms with E-state index < -0.39 is 12.0 Å². The molecule has 0 atom stereocenters. The predicted molar refractivity (Wildman–Crippen MR) is 97.0 cm³/mol. The number of anilines is 1. The highest BCUT2D eigenvalue weighted by Crippen LogP contribution is 2.29. The molecule has 29 heavy (non-hydrogen) atoms. The highest BCUT2D eigenvalue weighted by Gasteiger charge is 2.37. The molecule has 0 aliphatic carbocycles. The van der Waals surface area contributed by atoms with E-state index >= 15 is 0 Å². The fourth-order valence-corrected chi connectivity index (χ4v) is 3.47. The van der Waals surface area contributed by atoms with Gasteiger partial charge in [0.2, 0.25) is 0 Å². The summed E-state index contributed by atoms with van der Waals surface area (Å²) in [7, 11) is 0. The fraction of sp³-hybridized carbons (Fsp3) is 0.278. The molecule has 1 aromatic carbocycles. The average molecular weight is 400 g/mol. The number of nitrogens with zero attached hydrogens (tertiary/aromatic N) is 8. The van der Waals surface area contributed by atoms with E-state index in [4.69, 9.17) is 0 Å². The van der Waals surface area contributed by atoms with Crippen molar-refractivity contribution < 1.29 is 13.2 Å². The maximum absolute atomic E-state index is 13.1. The maximum atomic E-state index is 13.1. The van der Waals surface area contributed by atoms with Gasteiger partial charge in [-0.15, -0.1) is 15.3 Å². The third kappa shape index (κ3) is 2.98. The first-order valence-corrected chi connectivity index (χ1v) is 8.94. The van der Waals surface area contributed by atoms with Crippen molar-refractivity contribution in [1.29, 1.82) is 0 Å². The summed E-state index contributed by atoms with van der Waals surface area (Å²) in [5.74, 6) is 0.712. The Morgan fingerprint density at radius 1 is 1.00 bits per heavy atom. The quantitative estimate of drug-likeness (QED) is 0.515. The van der Waals surface area contributed by atoms with Gasteiger partial charge in [0.05, 0.1) is 6.54 Å². The van der Waals surface area contributed by atoms with E-state index in [0.29, 0.717) is 31.1 Å². The maximum Gasteiger partial charge on any atom is 0.453 e. The smallest absolute Gasteiger partial charge is 0.347 e. The summed E-state index contributed by atoms with van der Waals surface area (Å²) < 4.78 is 42.3. The lowest BCUT2D eigenvalue weighted by molar-refractivity contribution is -0.144. The van der Waals surface area contributed by atoms with Gasteiger partial charge in [-0.3, -0.25) is 0 Å².